The van der Waals surface area contributed by atoms with Gasteiger partial charge in [-0.2, -0.15) is 0 Å². The average molecular weight is 371 g/mol. The minimum Gasteiger partial charge on any atom is -0.492 e. The molecule has 144 valence electrons. The van der Waals surface area contributed by atoms with Crippen LogP contribution in [0.25, 0.3) is 0 Å². The van der Waals surface area contributed by atoms with Crippen LogP contribution >= 0.6 is 0 Å². The molecule has 6 nitrogen and oxygen atoms in total. The van der Waals surface area contributed by atoms with Crippen molar-refractivity contribution in [2.45, 2.75) is 6.42 Å². The standard InChI is InChI=1S/C17H21NO.C4H4O4/c1-18(2)12-13-19-17-11-7-6-10-16(17)14-15-8-4-3-5-9-15;5-3(6)1-2-4(7)8/h3-11H,12-14H2,1-2H3;1-2H,(H,5,6)(H,7,8)/b;2-1-. The van der Waals surface area contributed by atoms with Gasteiger partial charge in [0.1, 0.15) is 12.4 Å². The van der Waals surface area contributed by atoms with E-state index < -0.39 is 11.9 Å². The number of ether oxygens (including phenoxy) is 1. The lowest BCUT2D eigenvalue weighted by atomic mass is 10.0. The highest BCUT2D eigenvalue weighted by molar-refractivity contribution is 5.89. The van der Waals surface area contributed by atoms with Gasteiger partial charge in [-0.15, -0.1) is 0 Å². The maximum atomic E-state index is 9.55. The maximum Gasteiger partial charge on any atom is 0.328 e. The lowest BCUT2D eigenvalue weighted by Crippen LogP contribution is -2.19. The number of para-hydroxylation sites is 1. The van der Waals surface area contributed by atoms with Crippen LogP contribution in [0.2, 0.25) is 0 Å². The number of hydrogen-bond donors (Lipinski definition) is 2. The summed E-state index contributed by atoms with van der Waals surface area (Å²) < 4.78 is 5.88. The Morgan fingerprint density at radius 3 is 2.04 bits per heavy atom. The summed E-state index contributed by atoms with van der Waals surface area (Å²) in [6.07, 6.45) is 2.03. The number of carboxylic acids is 2. The molecule has 0 fully saturated rings. The highest BCUT2D eigenvalue weighted by atomic mass is 16.5. The van der Waals surface area contributed by atoms with Crippen LogP contribution in [0, 0.1) is 0 Å². The van der Waals surface area contributed by atoms with Crippen LogP contribution in [0.3, 0.4) is 0 Å². The van der Waals surface area contributed by atoms with Crippen molar-refractivity contribution in [1.82, 2.24) is 4.90 Å². The zero-order chi connectivity index (χ0) is 20.1. The van der Waals surface area contributed by atoms with Crippen LogP contribution in [0.1, 0.15) is 11.1 Å². The predicted octanol–water partition coefficient (Wildman–Crippen LogP) is 2.93. The van der Waals surface area contributed by atoms with E-state index in [-0.39, 0.29) is 0 Å². The Bertz CT molecular complexity index is 725. The molecule has 2 aromatic rings. The lowest BCUT2D eigenvalue weighted by Gasteiger charge is -2.14. The predicted molar refractivity (Wildman–Crippen MR) is 104 cm³/mol. The highest BCUT2D eigenvalue weighted by Crippen LogP contribution is 2.21. The summed E-state index contributed by atoms with van der Waals surface area (Å²) in [5.41, 5.74) is 2.55. The second kappa shape index (κ2) is 12.3. The van der Waals surface area contributed by atoms with Gasteiger partial charge in [-0.25, -0.2) is 9.59 Å². The smallest absolute Gasteiger partial charge is 0.328 e. The normalized spacial score (nSPS) is 10.3. The van der Waals surface area contributed by atoms with Gasteiger partial charge in [-0.05, 0) is 31.3 Å². The van der Waals surface area contributed by atoms with E-state index in [0.717, 1.165) is 25.3 Å². The molecule has 0 saturated carbocycles. The average Bonchev–Trinajstić information content (AvgIpc) is 2.62. The van der Waals surface area contributed by atoms with E-state index in [2.05, 4.69) is 55.4 Å². The molecule has 0 heterocycles. The molecule has 0 aliphatic rings. The van der Waals surface area contributed by atoms with Crippen molar-refractivity contribution >= 4 is 11.9 Å². The van der Waals surface area contributed by atoms with E-state index >= 15 is 0 Å². The fraction of sp³-hybridized carbons (Fsp3) is 0.238. The summed E-state index contributed by atoms with van der Waals surface area (Å²) in [5, 5.41) is 15.6. The van der Waals surface area contributed by atoms with E-state index in [9.17, 15) is 9.59 Å². The Morgan fingerprint density at radius 1 is 0.926 bits per heavy atom. The van der Waals surface area contributed by atoms with Gasteiger partial charge in [0.2, 0.25) is 0 Å². The number of rotatable bonds is 8. The summed E-state index contributed by atoms with van der Waals surface area (Å²) in [6, 6.07) is 18.8. The summed E-state index contributed by atoms with van der Waals surface area (Å²) >= 11 is 0. The summed E-state index contributed by atoms with van der Waals surface area (Å²) in [5.74, 6) is -1.52. The van der Waals surface area contributed by atoms with E-state index in [0.29, 0.717) is 12.2 Å². The second-order valence-electron chi connectivity index (χ2n) is 5.93. The third-order valence-corrected chi connectivity index (χ3v) is 3.37. The Labute approximate surface area is 159 Å². The van der Waals surface area contributed by atoms with Crippen molar-refractivity contribution in [2.24, 2.45) is 0 Å². The molecule has 0 spiro atoms. The van der Waals surface area contributed by atoms with Crippen molar-refractivity contribution in [1.29, 1.82) is 0 Å². The molecule has 0 radical (unpaired) electrons. The largest absolute Gasteiger partial charge is 0.492 e. The fourth-order valence-corrected chi connectivity index (χ4v) is 2.09. The molecule has 2 aromatic carbocycles. The first-order chi connectivity index (χ1) is 12.9. The van der Waals surface area contributed by atoms with Crippen molar-refractivity contribution < 1.29 is 24.5 Å². The first-order valence-electron chi connectivity index (χ1n) is 8.41. The molecule has 0 aliphatic carbocycles. The fourth-order valence-electron chi connectivity index (χ4n) is 2.09. The minimum absolute atomic E-state index is 0.558. The van der Waals surface area contributed by atoms with Crippen molar-refractivity contribution in [3.8, 4) is 5.75 Å². The highest BCUT2D eigenvalue weighted by Gasteiger charge is 2.04. The zero-order valence-electron chi connectivity index (χ0n) is 15.5. The van der Waals surface area contributed by atoms with Gasteiger partial charge in [-0.1, -0.05) is 48.5 Å². The number of benzene rings is 2. The van der Waals surface area contributed by atoms with Crippen LogP contribution in [-0.4, -0.2) is 54.3 Å². The topological polar surface area (TPSA) is 87.1 Å². The quantitative estimate of drug-likeness (QED) is 0.694. The molecule has 27 heavy (non-hydrogen) atoms. The van der Waals surface area contributed by atoms with E-state index in [4.69, 9.17) is 14.9 Å². The van der Waals surface area contributed by atoms with Crippen LogP contribution in [0.15, 0.2) is 66.7 Å². The van der Waals surface area contributed by atoms with Crippen molar-refractivity contribution in [3.05, 3.63) is 77.9 Å². The SMILES string of the molecule is CN(C)CCOc1ccccc1Cc1ccccc1.O=C(O)/C=C\C(=O)O. The van der Waals surface area contributed by atoms with E-state index in [1.807, 2.05) is 18.2 Å². The van der Waals surface area contributed by atoms with Crippen LogP contribution in [-0.2, 0) is 16.0 Å². The monoisotopic (exact) mass is 371 g/mol. The molecule has 0 bridgehead atoms. The van der Waals surface area contributed by atoms with Crippen LogP contribution < -0.4 is 4.74 Å². The van der Waals surface area contributed by atoms with E-state index in [1.165, 1.54) is 11.1 Å². The summed E-state index contributed by atoms with van der Waals surface area (Å²) in [7, 11) is 4.11. The van der Waals surface area contributed by atoms with Gasteiger partial charge >= 0.3 is 11.9 Å². The Morgan fingerprint density at radius 2 is 1.48 bits per heavy atom. The first kappa shape index (κ1) is 21.9. The molecule has 0 atom stereocenters. The number of nitrogens with zero attached hydrogens (tertiary/aromatic N) is 1. The molecule has 0 aliphatic heterocycles. The van der Waals surface area contributed by atoms with Gasteiger partial charge in [0.05, 0.1) is 0 Å². The molecule has 2 rings (SSSR count). The molecular formula is C21H25NO5. The summed E-state index contributed by atoms with van der Waals surface area (Å²) in [6.45, 7) is 1.65. The maximum absolute atomic E-state index is 9.55. The molecule has 6 heteroatoms. The molecule has 0 saturated heterocycles. The molecule has 0 unspecified atom stereocenters. The zero-order valence-corrected chi connectivity index (χ0v) is 15.5. The van der Waals surface area contributed by atoms with Gasteiger partial charge in [0.15, 0.2) is 0 Å². The van der Waals surface area contributed by atoms with Crippen molar-refractivity contribution in [2.75, 3.05) is 27.2 Å². The number of carboxylic acid groups (broad SMARTS) is 2. The Balaban J connectivity index is 0.000000387. The number of hydrogen-bond acceptors (Lipinski definition) is 4. The number of carbonyl (C=O) groups is 2. The molecule has 0 amide bonds. The number of aliphatic carboxylic acids is 2. The third-order valence-electron chi connectivity index (χ3n) is 3.37. The van der Waals surface area contributed by atoms with Gasteiger partial charge in [0, 0.05) is 25.1 Å². The second-order valence-corrected chi connectivity index (χ2v) is 5.93. The Kier molecular flexibility index (Phi) is 9.96. The molecule has 0 aromatic heterocycles. The van der Waals surface area contributed by atoms with Gasteiger partial charge in [-0.3, -0.25) is 0 Å². The Hall–Kier alpha value is -3.12. The van der Waals surface area contributed by atoms with Gasteiger partial charge < -0.3 is 19.8 Å². The number of likely N-dealkylation sites (N-methyl/N-ethyl adjacent to an activating group) is 1. The summed E-state index contributed by atoms with van der Waals surface area (Å²) in [4.78, 5) is 21.2. The molecular weight excluding hydrogens is 346 g/mol. The minimum atomic E-state index is -1.26. The lowest BCUT2D eigenvalue weighted by molar-refractivity contribution is -0.134. The third kappa shape index (κ3) is 10.5. The van der Waals surface area contributed by atoms with Crippen molar-refractivity contribution in [3.63, 3.8) is 0 Å². The van der Waals surface area contributed by atoms with Crippen LogP contribution in [0.4, 0.5) is 0 Å². The molecule has 2 N–H and O–H groups in total. The van der Waals surface area contributed by atoms with E-state index in [1.54, 1.807) is 0 Å². The first-order valence-corrected chi connectivity index (χ1v) is 8.41. The van der Waals surface area contributed by atoms with Gasteiger partial charge in [0.25, 0.3) is 0 Å². The van der Waals surface area contributed by atoms with Crippen LogP contribution in [0.5, 0.6) is 5.75 Å².